The summed E-state index contributed by atoms with van der Waals surface area (Å²) in [6.45, 7) is 5.02. The van der Waals surface area contributed by atoms with Crippen LogP contribution in [0.1, 0.15) is 5.56 Å². The molecule has 1 aromatic heterocycles. The molecule has 2 aromatic rings. The lowest BCUT2D eigenvalue weighted by atomic mass is 10.1. The average Bonchev–Trinajstić information content (AvgIpc) is 2.74. The first kappa shape index (κ1) is 18.4. The molecule has 3 heterocycles. The predicted octanol–water partition coefficient (Wildman–Crippen LogP) is 1.79. The van der Waals surface area contributed by atoms with Gasteiger partial charge in [0.05, 0.1) is 24.8 Å². The van der Waals surface area contributed by atoms with E-state index in [1.165, 1.54) is 0 Å². The summed E-state index contributed by atoms with van der Waals surface area (Å²) in [6, 6.07) is 5.86. The van der Waals surface area contributed by atoms with Crippen LogP contribution in [0.5, 0.6) is 0 Å². The highest BCUT2D eigenvalue weighted by atomic mass is 19.1. The zero-order valence-corrected chi connectivity index (χ0v) is 15.3. The van der Waals surface area contributed by atoms with Crippen LogP contribution in [0.25, 0.3) is 0 Å². The van der Waals surface area contributed by atoms with Gasteiger partial charge in [-0.1, -0.05) is 0 Å². The molecular weight excluding hydrogens is 366 g/mol. The number of aromatic nitrogens is 2. The highest BCUT2D eigenvalue weighted by Gasteiger charge is 2.24. The Morgan fingerprint density at radius 3 is 1.93 bits per heavy atom. The first-order chi connectivity index (χ1) is 13.7. The van der Waals surface area contributed by atoms with Crippen LogP contribution in [0, 0.1) is 23.0 Å². The molecule has 0 unspecified atom stereocenters. The third-order valence-electron chi connectivity index (χ3n) is 5.04. The Hall–Kier alpha value is -2.99. The van der Waals surface area contributed by atoms with Gasteiger partial charge in [0, 0.05) is 45.3 Å². The number of anilines is 3. The van der Waals surface area contributed by atoms with E-state index in [0.717, 1.165) is 36.9 Å². The molecule has 0 aliphatic carbocycles. The van der Waals surface area contributed by atoms with E-state index < -0.39 is 11.6 Å². The van der Waals surface area contributed by atoms with Gasteiger partial charge in [0.25, 0.3) is 0 Å². The van der Waals surface area contributed by atoms with Crippen molar-refractivity contribution in [2.45, 2.75) is 0 Å². The number of nitrogens with zero attached hydrogens (tertiary/aromatic N) is 6. The smallest absolute Gasteiger partial charge is 0.150 e. The van der Waals surface area contributed by atoms with Crippen LogP contribution >= 0.6 is 0 Å². The van der Waals surface area contributed by atoms with Crippen molar-refractivity contribution in [3.8, 4) is 6.07 Å². The normalized spacial score (nSPS) is 17.5. The summed E-state index contributed by atoms with van der Waals surface area (Å²) >= 11 is 0. The van der Waals surface area contributed by atoms with E-state index in [2.05, 4.69) is 19.8 Å². The Morgan fingerprint density at radius 1 is 0.821 bits per heavy atom. The van der Waals surface area contributed by atoms with Gasteiger partial charge in [-0.05, 0) is 12.1 Å². The Bertz CT molecular complexity index is 865. The van der Waals surface area contributed by atoms with Crippen molar-refractivity contribution >= 4 is 17.3 Å². The molecule has 0 amide bonds. The topological polar surface area (TPSA) is 68.5 Å². The lowest BCUT2D eigenvalue weighted by molar-refractivity contribution is 0.122. The standard InChI is InChI=1S/C19H20F2N6O/c20-15-9-14(12-22)10-16(21)19(15)27-3-1-25(2-4-27)17-11-18(24-13-23-17)26-5-7-28-8-6-26/h9-11,13H,1-8H2. The van der Waals surface area contributed by atoms with Crippen molar-refractivity contribution in [3.63, 3.8) is 0 Å². The number of rotatable bonds is 3. The SMILES string of the molecule is N#Cc1cc(F)c(N2CCN(c3cc(N4CCOCC4)ncn3)CC2)c(F)c1. The monoisotopic (exact) mass is 386 g/mol. The summed E-state index contributed by atoms with van der Waals surface area (Å²) in [5, 5.41) is 8.84. The van der Waals surface area contributed by atoms with Crippen LogP contribution in [-0.2, 0) is 4.74 Å². The fraction of sp³-hybridized carbons (Fsp3) is 0.421. The minimum atomic E-state index is -0.707. The molecule has 2 aliphatic rings. The van der Waals surface area contributed by atoms with Crippen molar-refractivity contribution < 1.29 is 13.5 Å². The Morgan fingerprint density at radius 2 is 1.36 bits per heavy atom. The Kier molecular flexibility index (Phi) is 5.21. The van der Waals surface area contributed by atoms with Crippen LogP contribution < -0.4 is 14.7 Å². The fourth-order valence-electron chi connectivity index (χ4n) is 3.57. The van der Waals surface area contributed by atoms with Crippen molar-refractivity contribution in [1.82, 2.24) is 9.97 Å². The molecule has 2 fully saturated rings. The van der Waals surface area contributed by atoms with Crippen LogP contribution in [0.15, 0.2) is 24.5 Å². The second-order valence-electron chi connectivity index (χ2n) is 6.71. The van der Waals surface area contributed by atoms with Gasteiger partial charge in [0.1, 0.15) is 23.7 Å². The summed E-state index contributed by atoms with van der Waals surface area (Å²) in [5.74, 6) is 0.250. The first-order valence-corrected chi connectivity index (χ1v) is 9.19. The zero-order chi connectivity index (χ0) is 19.5. The molecule has 0 atom stereocenters. The molecule has 0 N–H and O–H groups in total. The van der Waals surface area contributed by atoms with Crippen molar-refractivity contribution in [1.29, 1.82) is 5.26 Å². The number of halogens is 2. The number of ether oxygens (including phenoxy) is 1. The van der Waals surface area contributed by atoms with E-state index in [-0.39, 0.29) is 11.3 Å². The number of hydrogen-bond donors (Lipinski definition) is 0. The van der Waals surface area contributed by atoms with E-state index in [9.17, 15) is 8.78 Å². The maximum absolute atomic E-state index is 14.3. The van der Waals surface area contributed by atoms with Gasteiger partial charge in [-0.15, -0.1) is 0 Å². The third-order valence-corrected chi connectivity index (χ3v) is 5.04. The average molecular weight is 386 g/mol. The molecule has 7 nitrogen and oxygen atoms in total. The van der Waals surface area contributed by atoms with Gasteiger partial charge in [0.15, 0.2) is 11.6 Å². The van der Waals surface area contributed by atoms with E-state index in [1.807, 2.05) is 6.07 Å². The molecule has 4 rings (SSSR count). The highest BCUT2D eigenvalue weighted by molar-refractivity contribution is 5.55. The zero-order valence-electron chi connectivity index (χ0n) is 15.3. The van der Waals surface area contributed by atoms with Crippen LogP contribution in [0.2, 0.25) is 0 Å². The van der Waals surface area contributed by atoms with Gasteiger partial charge in [0.2, 0.25) is 0 Å². The highest BCUT2D eigenvalue weighted by Crippen LogP contribution is 2.27. The summed E-state index contributed by atoms with van der Waals surface area (Å²) in [4.78, 5) is 14.6. The maximum atomic E-state index is 14.3. The molecule has 2 saturated heterocycles. The van der Waals surface area contributed by atoms with E-state index in [0.29, 0.717) is 39.4 Å². The number of nitriles is 1. The summed E-state index contributed by atoms with van der Waals surface area (Å²) in [5.41, 5.74) is -0.0932. The molecule has 0 bridgehead atoms. The van der Waals surface area contributed by atoms with E-state index in [1.54, 1.807) is 17.3 Å². The number of hydrogen-bond acceptors (Lipinski definition) is 7. The van der Waals surface area contributed by atoms with Gasteiger partial charge >= 0.3 is 0 Å². The Labute approximate surface area is 161 Å². The molecule has 146 valence electrons. The number of piperazine rings is 1. The van der Waals surface area contributed by atoms with Gasteiger partial charge in [-0.25, -0.2) is 18.7 Å². The van der Waals surface area contributed by atoms with Gasteiger partial charge < -0.3 is 19.4 Å². The second kappa shape index (κ2) is 7.94. The summed E-state index contributed by atoms with van der Waals surface area (Å²) in [7, 11) is 0. The minimum absolute atomic E-state index is 0.0194. The van der Waals surface area contributed by atoms with Crippen LogP contribution in [-0.4, -0.2) is 62.5 Å². The van der Waals surface area contributed by atoms with E-state index >= 15 is 0 Å². The molecule has 28 heavy (non-hydrogen) atoms. The maximum Gasteiger partial charge on any atom is 0.150 e. The molecule has 0 saturated carbocycles. The number of benzene rings is 1. The van der Waals surface area contributed by atoms with Crippen LogP contribution in [0.4, 0.5) is 26.1 Å². The molecule has 2 aliphatic heterocycles. The third kappa shape index (κ3) is 3.68. The molecule has 0 radical (unpaired) electrons. The predicted molar refractivity (Wildman–Crippen MR) is 101 cm³/mol. The largest absolute Gasteiger partial charge is 0.378 e. The summed E-state index contributed by atoms with van der Waals surface area (Å²) in [6.07, 6.45) is 1.55. The lowest BCUT2D eigenvalue weighted by Gasteiger charge is -2.37. The molecule has 1 aromatic carbocycles. The molecule has 9 heteroatoms. The first-order valence-electron chi connectivity index (χ1n) is 9.19. The molecule has 0 spiro atoms. The number of morpholine rings is 1. The van der Waals surface area contributed by atoms with E-state index in [4.69, 9.17) is 10.00 Å². The summed E-state index contributed by atoms with van der Waals surface area (Å²) < 4.78 is 33.9. The van der Waals surface area contributed by atoms with Crippen molar-refractivity contribution in [2.24, 2.45) is 0 Å². The molecular formula is C19H20F2N6O. The lowest BCUT2D eigenvalue weighted by Crippen LogP contribution is -2.47. The van der Waals surface area contributed by atoms with Gasteiger partial charge in [-0.3, -0.25) is 0 Å². The van der Waals surface area contributed by atoms with Crippen LogP contribution in [0.3, 0.4) is 0 Å². The van der Waals surface area contributed by atoms with Gasteiger partial charge in [-0.2, -0.15) is 5.26 Å². The minimum Gasteiger partial charge on any atom is -0.378 e. The second-order valence-corrected chi connectivity index (χ2v) is 6.71. The quantitative estimate of drug-likeness (QED) is 0.797. The fourth-order valence-corrected chi connectivity index (χ4v) is 3.57. The van der Waals surface area contributed by atoms with Crippen molar-refractivity contribution in [3.05, 3.63) is 41.7 Å². The Balaban J connectivity index is 1.46. The van der Waals surface area contributed by atoms with Crippen molar-refractivity contribution in [2.75, 3.05) is 67.2 Å².